The molecule has 1 aromatic heterocycles. The van der Waals surface area contributed by atoms with Gasteiger partial charge in [-0.2, -0.15) is 5.10 Å². The second kappa shape index (κ2) is 6.02. The Balaban J connectivity index is 1.67. The quantitative estimate of drug-likeness (QED) is 0.840. The van der Waals surface area contributed by atoms with Gasteiger partial charge in [0.1, 0.15) is 0 Å². The number of aryl methyl sites for hydroxylation is 1. The van der Waals surface area contributed by atoms with E-state index in [9.17, 15) is 9.59 Å². The number of rotatable bonds is 2. The third-order valence-electron chi connectivity index (χ3n) is 5.40. The number of piperidine rings is 1. The third-order valence-corrected chi connectivity index (χ3v) is 5.40. The second-order valence-corrected chi connectivity index (χ2v) is 6.91. The summed E-state index contributed by atoms with van der Waals surface area (Å²) >= 11 is 0. The fourth-order valence-corrected chi connectivity index (χ4v) is 4.11. The Bertz CT molecular complexity index is 828. The zero-order valence-electron chi connectivity index (χ0n) is 14.6. The van der Waals surface area contributed by atoms with Gasteiger partial charge in [-0.3, -0.25) is 14.3 Å². The first-order valence-corrected chi connectivity index (χ1v) is 8.70. The lowest BCUT2D eigenvalue weighted by Crippen LogP contribution is -2.47. The molecule has 0 N–H and O–H groups in total. The molecule has 1 saturated heterocycles. The third kappa shape index (κ3) is 2.62. The molecule has 2 aliphatic heterocycles. The summed E-state index contributed by atoms with van der Waals surface area (Å²) in [5.74, 6) is -0.0454. The zero-order valence-corrected chi connectivity index (χ0v) is 14.6. The van der Waals surface area contributed by atoms with Crippen molar-refractivity contribution < 1.29 is 9.59 Å². The first-order valence-electron chi connectivity index (χ1n) is 8.70. The molecule has 0 bridgehead atoms. The minimum absolute atomic E-state index is 0.0831. The number of aromatic nitrogens is 2. The molecule has 0 aliphatic carbocycles. The van der Waals surface area contributed by atoms with Crippen molar-refractivity contribution in [3.8, 4) is 0 Å². The van der Waals surface area contributed by atoms with Crippen molar-refractivity contribution in [2.45, 2.75) is 25.3 Å². The molecule has 130 valence electrons. The van der Waals surface area contributed by atoms with Crippen molar-refractivity contribution in [1.29, 1.82) is 0 Å². The molecule has 1 aromatic carbocycles. The van der Waals surface area contributed by atoms with E-state index in [0.717, 1.165) is 17.7 Å². The Morgan fingerprint density at radius 1 is 1.20 bits per heavy atom. The Morgan fingerprint density at radius 3 is 2.76 bits per heavy atom. The van der Waals surface area contributed by atoms with Crippen molar-refractivity contribution in [3.63, 3.8) is 0 Å². The number of carbonyl (C=O) groups excluding carboxylic acids is 2. The van der Waals surface area contributed by atoms with E-state index in [0.29, 0.717) is 19.4 Å². The number of benzene rings is 1. The van der Waals surface area contributed by atoms with Crippen LogP contribution >= 0.6 is 0 Å². The summed E-state index contributed by atoms with van der Waals surface area (Å²) < 4.78 is 1.72. The van der Waals surface area contributed by atoms with Gasteiger partial charge < -0.3 is 9.80 Å². The maximum absolute atomic E-state index is 13.4. The van der Waals surface area contributed by atoms with Gasteiger partial charge in [0.25, 0.3) is 0 Å². The molecule has 1 fully saturated rings. The van der Waals surface area contributed by atoms with Crippen LogP contribution < -0.4 is 4.90 Å². The molecular formula is C19H22N4O2. The normalized spacial score (nSPS) is 23.0. The van der Waals surface area contributed by atoms with Gasteiger partial charge in [-0.15, -0.1) is 0 Å². The number of carbonyl (C=O) groups is 2. The molecule has 2 amide bonds. The Morgan fingerprint density at radius 2 is 2.00 bits per heavy atom. The molecular weight excluding hydrogens is 316 g/mol. The van der Waals surface area contributed by atoms with E-state index < -0.39 is 0 Å². The summed E-state index contributed by atoms with van der Waals surface area (Å²) in [7, 11) is 3.64. The monoisotopic (exact) mass is 338 g/mol. The van der Waals surface area contributed by atoms with Crippen LogP contribution in [-0.4, -0.2) is 40.1 Å². The fraction of sp³-hybridized carbons (Fsp3) is 0.421. The van der Waals surface area contributed by atoms with Crippen molar-refractivity contribution >= 4 is 17.5 Å². The lowest BCUT2D eigenvalue weighted by Gasteiger charge is -2.39. The average molecular weight is 338 g/mol. The van der Waals surface area contributed by atoms with E-state index in [-0.39, 0.29) is 23.8 Å². The maximum Gasteiger partial charge on any atom is 0.232 e. The van der Waals surface area contributed by atoms with Crippen LogP contribution in [0.5, 0.6) is 0 Å². The Labute approximate surface area is 147 Å². The topological polar surface area (TPSA) is 58.4 Å². The number of hydrogen-bond donors (Lipinski definition) is 0. The first kappa shape index (κ1) is 15.9. The minimum Gasteiger partial charge on any atom is -0.338 e. The van der Waals surface area contributed by atoms with E-state index in [2.05, 4.69) is 11.2 Å². The van der Waals surface area contributed by atoms with E-state index in [1.165, 1.54) is 5.56 Å². The fourth-order valence-electron chi connectivity index (χ4n) is 4.11. The van der Waals surface area contributed by atoms with Gasteiger partial charge in [0.2, 0.25) is 11.8 Å². The molecule has 0 radical (unpaired) electrons. The molecule has 6 heteroatoms. The van der Waals surface area contributed by atoms with Crippen LogP contribution in [0.1, 0.15) is 30.0 Å². The Hall–Kier alpha value is -2.63. The highest BCUT2D eigenvalue weighted by Crippen LogP contribution is 2.39. The molecule has 3 heterocycles. The van der Waals surface area contributed by atoms with E-state index in [1.54, 1.807) is 22.8 Å². The molecule has 2 atom stereocenters. The predicted molar refractivity (Wildman–Crippen MR) is 93.9 cm³/mol. The second-order valence-electron chi connectivity index (χ2n) is 6.91. The lowest BCUT2D eigenvalue weighted by molar-refractivity contribution is -0.140. The molecule has 2 aromatic rings. The number of amides is 2. The number of nitrogens with zero attached hydrogens (tertiary/aromatic N) is 4. The van der Waals surface area contributed by atoms with E-state index >= 15 is 0 Å². The van der Waals surface area contributed by atoms with Crippen LogP contribution in [0.4, 0.5) is 5.69 Å². The number of fused-ring (bicyclic) bond motifs is 1. The molecule has 25 heavy (non-hydrogen) atoms. The van der Waals surface area contributed by atoms with Gasteiger partial charge in [-0.1, -0.05) is 18.2 Å². The van der Waals surface area contributed by atoms with Crippen LogP contribution in [0.2, 0.25) is 0 Å². The number of likely N-dealkylation sites (tertiary alicyclic amines) is 1. The predicted octanol–water partition coefficient (Wildman–Crippen LogP) is 1.92. The molecule has 0 saturated carbocycles. The van der Waals surface area contributed by atoms with Crippen LogP contribution in [-0.2, 0) is 23.1 Å². The molecule has 6 nitrogen and oxygen atoms in total. The average Bonchev–Trinajstić information content (AvgIpc) is 3.23. The van der Waals surface area contributed by atoms with Gasteiger partial charge in [-0.25, -0.2) is 0 Å². The minimum atomic E-state index is -0.254. The lowest BCUT2D eigenvalue weighted by atomic mass is 9.84. The molecule has 0 unspecified atom stereocenters. The van der Waals surface area contributed by atoms with Gasteiger partial charge in [0.05, 0.1) is 18.2 Å². The molecule has 2 aliphatic rings. The van der Waals surface area contributed by atoms with Crippen molar-refractivity contribution in [3.05, 3.63) is 47.8 Å². The smallest absolute Gasteiger partial charge is 0.232 e. The number of para-hydroxylation sites is 1. The van der Waals surface area contributed by atoms with Crippen LogP contribution in [0, 0.1) is 5.92 Å². The maximum atomic E-state index is 13.4. The van der Waals surface area contributed by atoms with Crippen LogP contribution in [0.15, 0.2) is 36.7 Å². The van der Waals surface area contributed by atoms with E-state index in [4.69, 9.17) is 0 Å². The van der Waals surface area contributed by atoms with E-state index in [1.807, 2.05) is 36.3 Å². The summed E-state index contributed by atoms with van der Waals surface area (Å²) in [5, 5.41) is 4.23. The van der Waals surface area contributed by atoms with Gasteiger partial charge in [0, 0.05) is 44.5 Å². The standard InChI is InChI=1S/C19H22N4O2/c1-21-12-14(11-20-21)18-15(7-8-17(24)22(18)2)19(25)23-10-9-13-5-3-4-6-16(13)23/h3-6,11-12,15,18H,7-10H2,1-2H3/t15-,18+/m1/s1. The summed E-state index contributed by atoms with van der Waals surface area (Å²) in [6.07, 6.45) is 5.55. The highest BCUT2D eigenvalue weighted by molar-refractivity contribution is 5.98. The molecule has 0 spiro atoms. The Kier molecular flexibility index (Phi) is 3.82. The van der Waals surface area contributed by atoms with Crippen molar-refractivity contribution in [2.75, 3.05) is 18.5 Å². The highest BCUT2D eigenvalue weighted by Gasteiger charge is 2.42. The molecule has 4 rings (SSSR count). The summed E-state index contributed by atoms with van der Waals surface area (Å²) in [5.41, 5.74) is 3.15. The van der Waals surface area contributed by atoms with Gasteiger partial charge >= 0.3 is 0 Å². The van der Waals surface area contributed by atoms with Crippen LogP contribution in [0.3, 0.4) is 0 Å². The van der Waals surface area contributed by atoms with Gasteiger partial charge in [-0.05, 0) is 24.5 Å². The summed E-state index contributed by atoms with van der Waals surface area (Å²) in [6, 6.07) is 7.82. The zero-order chi connectivity index (χ0) is 17.6. The van der Waals surface area contributed by atoms with Crippen molar-refractivity contribution in [2.24, 2.45) is 13.0 Å². The van der Waals surface area contributed by atoms with Gasteiger partial charge in [0.15, 0.2) is 0 Å². The van der Waals surface area contributed by atoms with Crippen molar-refractivity contribution in [1.82, 2.24) is 14.7 Å². The highest BCUT2D eigenvalue weighted by atomic mass is 16.2. The number of anilines is 1. The largest absolute Gasteiger partial charge is 0.338 e. The first-order chi connectivity index (χ1) is 12.1. The SMILES string of the molecule is CN1C(=O)CC[C@@H](C(=O)N2CCc3ccccc32)[C@@H]1c1cnn(C)c1. The van der Waals surface area contributed by atoms with Crippen LogP contribution in [0.25, 0.3) is 0 Å². The summed E-state index contributed by atoms with van der Waals surface area (Å²) in [6.45, 7) is 0.714. The number of hydrogen-bond acceptors (Lipinski definition) is 3. The summed E-state index contributed by atoms with van der Waals surface area (Å²) in [4.78, 5) is 29.2.